The molecular weight excluding hydrogens is 246 g/mol. The Balaban J connectivity index is 2.12. The topological polar surface area (TPSA) is 57.6 Å². The average Bonchev–Trinajstić information content (AvgIpc) is 2.85. The molecule has 4 nitrogen and oxygen atoms in total. The van der Waals surface area contributed by atoms with Gasteiger partial charge in [0.15, 0.2) is 0 Å². The minimum Gasteiger partial charge on any atom is -0.480 e. The molecule has 2 saturated heterocycles. The number of aliphatic carboxylic acids is 1. The number of nitrogens with zero attached hydrogens (tertiary/aromatic N) is 1. The van der Waals surface area contributed by atoms with E-state index in [4.69, 9.17) is 5.11 Å². The fourth-order valence-corrected chi connectivity index (χ4v) is 4.51. The van der Waals surface area contributed by atoms with Gasteiger partial charge in [0, 0.05) is 5.75 Å². The first-order valence-corrected chi connectivity index (χ1v) is 7.44. The number of carbonyl (C=O) groups excluding carboxylic acids is 1. The Hall–Kier alpha value is -0.360. The quantitative estimate of drug-likeness (QED) is 0.811. The van der Waals surface area contributed by atoms with Crippen molar-refractivity contribution >= 4 is 35.4 Å². The van der Waals surface area contributed by atoms with Crippen molar-refractivity contribution in [3.05, 3.63) is 0 Å². The Morgan fingerprint density at radius 1 is 1.50 bits per heavy atom. The molecule has 0 saturated carbocycles. The predicted octanol–water partition coefficient (Wildman–Crippen LogP) is 1.26. The molecule has 0 spiro atoms. The molecule has 2 unspecified atom stereocenters. The summed E-state index contributed by atoms with van der Waals surface area (Å²) in [5, 5.41) is 9.05. The highest BCUT2D eigenvalue weighted by Crippen LogP contribution is 2.40. The fraction of sp³-hybridized carbons (Fsp3) is 0.800. The van der Waals surface area contributed by atoms with Gasteiger partial charge < -0.3 is 10.0 Å². The zero-order valence-electron chi connectivity index (χ0n) is 9.14. The third-order valence-electron chi connectivity index (χ3n) is 3.10. The molecule has 16 heavy (non-hydrogen) atoms. The van der Waals surface area contributed by atoms with Crippen molar-refractivity contribution in [2.24, 2.45) is 0 Å². The van der Waals surface area contributed by atoms with Crippen LogP contribution in [0.4, 0.5) is 0 Å². The molecule has 2 aliphatic heterocycles. The van der Waals surface area contributed by atoms with Gasteiger partial charge in [-0.25, -0.2) is 4.79 Å². The van der Waals surface area contributed by atoms with Crippen LogP contribution in [0.5, 0.6) is 0 Å². The lowest BCUT2D eigenvalue weighted by Crippen LogP contribution is -2.49. The van der Waals surface area contributed by atoms with Crippen molar-refractivity contribution < 1.29 is 14.7 Å². The minimum atomic E-state index is -0.884. The molecule has 6 heteroatoms. The first kappa shape index (κ1) is 12.1. The number of hydrogen-bond donors (Lipinski definition) is 1. The van der Waals surface area contributed by atoms with Crippen molar-refractivity contribution in [3.63, 3.8) is 0 Å². The number of carbonyl (C=O) groups is 2. The van der Waals surface area contributed by atoms with Gasteiger partial charge >= 0.3 is 5.97 Å². The summed E-state index contributed by atoms with van der Waals surface area (Å²) in [6.45, 7) is 1.94. The smallest absolute Gasteiger partial charge is 0.327 e. The van der Waals surface area contributed by atoms with E-state index in [9.17, 15) is 9.59 Å². The summed E-state index contributed by atoms with van der Waals surface area (Å²) in [4.78, 5) is 24.9. The van der Waals surface area contributed by atoms with Crippen molar-refractivity contribution in [2.45, 2.75) is 30.6 Å². The standard InChI is InChI=1S/C10H15NO3S2/c1-10(3-2-4-16-10)9(14)11-6-15-5-7(11)8(12)13/h7H,2-6H2,1H3,(H,12,13). The maximum atomic E-state index is 12.3. The Morgan fingerprint density at radius 2 is 2.25 bits per heavy atom. The van der Waals surface area contributed by atoms with E-state index >= 15 is 0 Å². The van der Waals surface area contributed by atoms with Gasteiger partial charge in [-0.2, -0.15) is 0 Å². The van der Waals surface area contributed by atoms with E-state index in [-0.39, 0.29) is 5.91 Å². The third kappa shape index (κ3) is 2.05. The molecule has 0 aromatic carbocycles. The maximum absolute atomic E-state index is 12.3. The van der Waals surface area contributed by atoms with E-state index < -0.39 is 16.8 Å². The van der Waals surface area contributed by atoms with E-state index in [1.807, 2.05) is 6.92 Å². The van der Waals surface area contributed by atoms with Gasteiger partial charge in [-0.15, -0.1) is 23.5 Å². The first-order chi connectivity index (χ1) is 7.54. The molecule has 0 radical (unpaired) electrons. The molecular formula is C10H15NO3S2. The van der Waals surface area contributed by atoms with Crippen LogP contribution in [0.25, 0.3) is 0 Å². The molecule has 90 valence electrons. The van der Waals surface area contributed by atoms with Crippen LogP contribution >= 0.6 is 23.5 Å². The van der Waals surface area contributed by atoms with E-state index in [1.54, 1.807) is 11.8 Å². The van der Waals surface area contributed by atoms with Crippen molar-refractivity contribution in [1.29, 1.82) is 0 Å². The van der Waals surface area contributed by atoms with Crippen molar-refractivity contribution in [1.82, 2.24) is 4.90 Å². The Labute approximate surface area is 103 Å². The maximum Gasteiger partial charge on any atom is 0.327 e. The lowest BCUT2D eigenvalue weighted by Gasteiger charge is -2.29. The Morgan fingerprint density at radius 3 is 2.81 bits per heavy atom. The number of carboxylic acids is 1. The summed E-state index contributed by atoms with van der Waals surface area (Å²) >= 11 is 3.18. The van der Waals surface area contributed by atoms with E-state index in [1.165, 1.54) is 16.7 Å². The lowest BCUT2D eigenvalue weighted by molar-refractivity contribution is -0.148. The van der Waals surface area contributed by atoms with Crippen LogP contribution in [0.3, 0.4) is 0 Å². The van der Waals surface area contributed by atoms with Crippen LogP contribution in [-0.2, 0) is 9.59 Å². The molecule has 0 aliphatic carbocycles. The minimum absolute atomic E-state index is 0.00685. The highest BCUT2D eigenvalue weighted by molar-refractivity contribution is 8.01. The summed E-state index contributed by atoms with van der Waals surface area (Å²) < 4.78 is -0.390. The van der Waals surface area contributed by atoms with Crippen LogP contribution in [-0.4, -0.2) is 50.1 Å². The van der Waals surface area contributed by atoms with Gasteiger partial charge in [0.1, 0.15) is 6.04 Å². The normalized spacial score (nSPS) is 34.3. The number of thioether (sulfide) groups is 2. The molecule has 2 aliphatic rings. The van der Waals surface area contributed by atoms with Gasteiger partial charge in [0.2, 0.25) is 5.91 Å². The van der Waals surface area contributed by atoms with Gasteiger partial charge in [0.25, 0.3) is 0 Å². The highest BCUT2D eigenvalue weighted by atomic mass is 32.2. The number of amides is 1. The fourth-order valence-electron chi connectivity index (χ4n) is 2.10. The molecule has 0 aromatic heterocycles. The summed E-state index contributed by atoms with van der Waals surface area (Å²) in [5.41, 5.74) is 0. The molecule has 1 N–H and O–H groups in total. The molecule has 2 fully saturated rings. The zero-order chi connectivity index (χ0) is 11.8. The summed E-state index contributed by atoms with van der Waals surface area (Å²) in [6, 6.07) is -0.629. The second-order valence-electron chi connectivity index (χ2n) is 4.31. The second kappa shape index (κ2) is 4.49. The molecule has 1 amide bonds. The third-order valence-corrected chi connectivity index (χ3v) is 5.62. The van der Waals surface area contributed by atoms with Gasteiger partial charge in [-0.05, 0) is 25.5 Å². The highest BCUT2D eigenvalue weighted by Gasteiger charge is 2.45. The van der Waals surface area contributed by atoms with E-state index in [2.05, 4.69) is 0 Å². The molecule has 0 aromatic rings. The van der Waals surface area contributed by atoms with Gasteiger partial charge in [0.05, 0.1) is 10.6 Å². The summed E-state index contributed by atoms with van der Waals surface area (Å²) in [5.74, 6) is 1.16. The van der Waals surface area contributed by atoms with E-state index in [0.29, 0.717) is 11.6 Å². The zero-order valence-corrected chi connectivity index (χ0v) is 10.8. The second-order valence-corrected chi connectivity index (χ2v) is 6.91. The van der Waals surface area contributed by atoms with Crippen LogP contribution in [0, 0.1) is 0 Å². The average molecular weight is 261 g/mol. The largest absolute Gasteiger partial charge is 0.480 e. The van der Waals surface area contributed by atoms with E-state index in [0.717, 1.165) is 18.6 Å². The molecule has 0 bridgehead atoms. The van der Waals surface area contributed by atoms with Gasteiger partial charge in [-0.1, -0.05) is 0 Å². The first-order valence-electron chi connectivity index (χ1n) is 5.30. The summed E-state index contributed by atoms with van der Waals surface area (Å²) in [6.07, 6.45) is 1.91. The Kier molecular flexibility index (Phi) is 3.39. The van der Waals surface area contributed by atoms with Crippen LogP contribution in [0.1, 0.15) is 19.8 Å². The van der Waals surface area contributed by atoms with Crippen molar-refractivity contribution in [3.8, 4) is 0 Å². The Bertz CT molecular complexity index is 315. The SMILES string of the molecule is CC1(C(=O)N2CSCC2C(=O)O)CCCS1. The van der Waals surface area contributed by atoms with Gasteiger partial charge in [-0.3, -0.25) is 4.79 Å². The van der Waals surface area contributed by atoms with Crippen LogP contribution in [0.2, 0.25) is 0 Å². The van der Waals surface area contributed by atoms with Crippen LogP contribution < -0.4 is 0 Å². The summed E-state index contributed by atoms with van der Waals surface area (Å²) in [7, 11) is 0. The lowest BCUT2D eigenvalue weighted by atomic mass is 10.0. The molecule has 2 rings (SSSR count). The molecule has 2 heterocycles. The van der Waals surface area contributed by atoms with Crippen molar-refractivity contribution in [2.75, 3.05) is 17.4 Å². The number of hydrogen-bond acceptors (Lipinski definition) is 4. The predicted molar refractivity (Wildman–Crippen MR) is 65.7 cm³/mol. The monoisotopic (exact) mass is 261 g/mol. The number of carboxylic acid groups (broad SMARTS) is 1. The molecule has 2 atom stereocenters. The van der Waals surface area contributed by atoms with Crippen LogP contribution in [0.15, 0.2) is 0 Å². The number of rotatable bonds is 2.